The molecule has 7 heteroatoms. The van der Waals surface area contributed by atoms with Crippen molar-refractivity contribution in [3.63, 3.8) is 0 Å². The first kappa shape index (κ1) is 9.78. The number of esters is 1. The highest BCUT2D eigenvalue weighted by Gasteiger charge is 2.51. The molecule has 1 aliphatic rings. The molecule has 7 nitrogen and oxygen atoms in total. The van der Waals surface area contributed by atoms with E-state index in [2.05, 4.69) is 4.74 Å². The van der Waals surface area contributed by atoms with Gasteiger partial charge < -0.3 is 25.2 Å². The molecule has 0 aromatic carbocycles. The molecule has 1 rings (SSSR count). The zero-order valence-corrected chi connectivity index (χ0v) is 6.47. The van der Waals surface area contributed by atoms with Crippen molar-refractivity contribution in [2.45, 2.75) is 11.8 Å². The molecule has 0 fully saturated rings. The van der Waals surface area contributed by atoms with Crippen LogP contribution in [0.4, 0.5) is 0 Å². The number of aliphatic hydroxyl groups excluding tert-OH is 4. The monoisotopic (exact) mass is 191 g/mol. The second-order valence-corrected chi connectivity index (χ2v) is 2.58. The van der Waals surface area contributed by atoms with Crippen LogP contribution in [0.15, 0.2) is 11.5 Å². The third kappa shape index (κ3) is 1.22. The normalized spacial score (nSPS) is 30.5. The molecule has 0 aromatic heterocycles. The number of carbonyl (C=O) groups excluding carboxylic acids is 1. The van der Waals surface area contributed by atoms with Crippen LogP contribution in [0.2, 0.25) is 0 Å². The van der Waals surface area contributed by atoms with Gasteiger partial charge in [0.05, 0.1) is 6.61 Å². The largest absolute Gasteiger partial charge is 0.504 e. The number of cyclic esters (lactones) is 1. The van der Waals surface area contributed by atoms with Crippen molar-refractivity contribution < 1.29 is 30.0 Å². The third-order valence-corrected chi connectivity index (χ3v) is 1.72. The van der Waals surface area contributed by atoms with E-state index in [-0.39, 0.29) is 0 Å². The van der Waals surface area contributed by atoms with Gasteiger partial charge in [-0.15, -0.1) is 0 Å². The van der Waals surface area contributed by atoms with Crippen molar-refractivity contribution in [1.29, 1.82) is 0 Å². The molecule has 1 aliphatic heterocycles. The fraction of sp³-hybridized carbons (Fsp3) is 0.500. The van der Waals surface area contributed by atoms with E-state index in [4.69, 9.17) is 26.2 Å². The van der Waals surface area contributed by atoms with E-state index in [0.717, 1.165) is 0 Å². The summed E-state index contributed by atoms with van der Waals surface area (Å²) in [6.07, 6.45) is -1.69. The molecule has 74 valence electrons. The summed E-state index contributed by atoms with van der Waals surface area (Å²) in [7, 11) is 0. The fourth-order valence-corrected chi connectivity index (χ4v) is 0.893. The van der Waals surface area contributed by atoms with E-state index < -0.39 is 35.9 Å². The van der Waals surface area contributed by atoms with E-state index in [9.17, 15) is 4.79 Å². The lowest BCUT2D eigenvalue weighted by Crippen LogP contribution is -2.54. The average molecular weight is 191 g/mol. The molecule has 2 atom stereocenters. The number of nitrogens with two attached hydrogens (primary N) is 1. The Morgan fingerprint density at radius 3 is 2.38 bits per heavy atom. The minimum Gasteiger partial charge on any atom is -0.504 e. The van der Waals surface area contributed by atoms with Gasteiger partial charge in [-0.1, -0.05) is 0 Å². The van der Waals surface area contributed by atoms with Gasteiger partial charge in [0, 0.05) is 0 Å². The number of rotatable bonds is 2. The van der Waals surface area contributed by atoms with Crippen molar-refractivity contribution in [2.75, 3.05) is 6.61 Å². The lowest BCUT2D eigenvalue weighted by molar-refractivity contribution is -0.162. The van der Waals surface area contributed by atoms with Gasteiger partial charge in [0.15, 0.2) is 0 Å². The summed E-state index contributed by atoms with van der Waals surface area (Å²) < 4.78 is 4.28. The Bertz CT molecular complexity index is 274. The van der Waals surface area contributed by atoms with E-state index in [1.54, 1.807) is 0 Å². The minimum atomic E-state index is -2.25. The Balaban J connectivity index is 3.03. The first-order chi connectivity index (χ1) is 5.93. The molecule has 13 heavy (non-hydrogen) atoms. The Labute approximate surface area is 72.7 Å². The quantitative estimate of drug-likeness (QED) is 0.315. The number of carbonyl (C=O) groups is 1. The summed E-state index contributed by atoms with van der Waals surface area (Å²) in [6.45, 7) is -0.818. The van der Waals surface area contributed by atoms with Crippen molar-refractivity contribution in [3.05, 3.63) is 11.5 Å². The topological polar surface area (TPSA) is 133 Å². The molecular weight excluding hydrogens is 182 g/mol. The Morgan fingerprint density at radius 1 is 1.54 bits per heavy atom. The van der Waals surface area contributed by atoms with Crippen LogP contribution in [0.25, 0.3) is 0 Å². The van der Waals surface area contributed by atoms with Crippen LogP contribution in [0.5, 0.6) is 0 Å². The second kappa shape index (κ2) is 2.87. The second-order valence-electron chi connectivity index (χ2n) is 2.58. The average Bonchev–Trinajstić information content (AvgIpc) is 2.30. The molecule has 0 aromatic rings. The highest BCUT2D eigenvalue weighted by molar-refractivity contribution is 5.89. The van der Waals surface area contributed by atoms with E-state index in [1.165, 1.54) is 0 Å². The Morgan fingerprint density at radius 2 is 2.08 bits per heavy atom. The van der Waals surface area contributed by atoms with Crippen LogP contribution in [0, 0.1) is 0 Å². The molecule has 0 unspecified atom stereocenters. The number of hydrogen-bond donors (Lipinski definition) is 5. The maximum absolute atomic E-state index is 10.7. The predicted octanol–water partition coefficient (Wildman–Crippen LogP) is -2.12. The molecule has 0 spiro atoms. The van der Waals surface area contributed by atoms with Gasteiger partial charge >= 0.3 is 5.97 Å². The van der Waals surface area contributed by atoms with Crippen molar-refractivity contribution in [1.82, 2.24) is 0 Å². The smallest absolute Gasteiger partial charge is 0.379 e. The molecule has 0 bridgehead atoms. The number of aliphatic hydroxyl groups is 4. The van der Waals surface area contributed by atoms with E-state index in [1.807, 2.05) is 0 Å². The van der Waals surface area contributed by atoms with Crippen LogP contribution in [0.1, 0.15) is 0 Å². The zero-order chi connectivity index (χ0) is 10.2. The number of ether oxygens (including phenoxy) is 1. The number of hydrogen-bond acceptors (Lipinski definition) is 7. The Hall–Kier alpha value is -1.31. The van der Waals surface area contributed by atoms with Crippen LogP contribution >= 0.6 is 0 Å². The molecule has 6 N–H and O–H groups in total. The summed E-state index contributed by atoms with van der Waals surface area (Å²) in [5.74, 6) is -3.29. The van der Waals surface area contributed by atoms with Crippen LogP contribution in [-0.2, 0) is 9.53 Å². The molecule has 0 amide bonds. The van der Waals surface area contributed by atoms with Gasteiger partial charge in [-0.3, -0.25) is 5.73 Å². The molecule has 0 radical (unpaired) electrons. The lowest BCUT2D eigenvalue weighted by Gasteiger charge is -2.26. The zero-order valence-electron chi connectivity index (χ0n) is 6.47. The molecule has 1 heterocycles. The van der Waals surface area contributed by atoms with Crippen LogP contribution in [0.3, 0.4) is 0 Å². The summed E-state index contributed by atoms with van der Waals surface area (Å²) in [5, 5.41) is 35.5. The highest BCUT2D eigenvalue weighted by atomic mass is 16.6. The third-order valence-electron chi connectivity index (χ3n) is 1.72. The molecule has 0 saturated carbocycles. The summed E-state index contributed by atoms with van der Waals surface area (Å²) in [4.78, 5) is 10.7. The van der Waals surface area contributed by atoms with Gasteiger partial charge in [0.25, 0.3) is 5.72 Å². The van der Waals surface area contributed by atoms with Crippen LogP contribution in [-0.4, -0.2) is 44.8 Å². The van der Waals surface area contributed by atoms with Crippen molar-refractivity contribution in [2.24, 2.45) is 5.73 Å². The Kier molecular flexibility index (Phi) is 2.16. The van der Waals surface area contributed by atoms with Crippen molar-refractivity contribution >= 4 is 5.97 Å². The molecule has 0 aliphatic carbocycles. The standard InChI is InChI=1S/C6H9NO6/c7-6(2(9)1-8)4(11)3(10)5(12)13-6/h2,8-11H,1,7H2/t2-,6+/m0/s1. The summed E-state index contributed by atoms with van der Waals surface area (Å²) in [5.41, 5.74) is 2.96. The minimum absolute atomic E-state index is 0.818. The lowest BCUT2D eigenvalue weighted by atomic mass is 10.1. The van der Waals surface area contributed by atoms with Gasteiger partial charge in [0.1, 0.15) is 6.10 Å². The SMILES string of the molecule is N[C@]1([C@@H](O)CO)OC(=O)C(O)=C1O. The summed E-state index contributed by atoms with van der Waals surface area (Å²) >= 11 is 0. The molecule has 0 saturated heterocycles. The highest BCUT2D eigenvalue weighted by Crippen LogP contribution is 2.28. The van der Waals surface area contributed by atoms with Gasteiger partial charge in [-0.25, -0.2) is 4.79 Å². The summed E-state index contributed by atoms with van der Waals surface area (Å²) in [6, 6.07) is 0. The van der Waals surface area contributed by atoms with E-state index >= 15 is 0 Å². The first-order valence-electron chi connectivity index (χ1n) is 3.37. The van der Waals surface area contributed by atoms with Gasteiger partial charge in [-0.2, -0.15) is 0 Å². The van der Waals surface area contributed by atoms with Crippen LogP contribution < -0.4 is 5.73 Å². The maximum Gasteiger partial charge on any atom is 0.379 e. The fourth-order valence-electron chi connectivity index (χ4n) is 0.893. The predicted molar refractivity (Wildman–Crippen MR) is 38.4 cm³/mol. The van der Waals surface area contributed by atoms with Crippen molar-refractivity contribution in [3.8, 4) is 0 Å². The van der Waals surface area contributed by atoms with E-state index in [0.29, 0.717) is 0 Å². The van der Waals surface area contributed by atoms with Gasteiger partial charge in [-0.05, 0) is 0 Å². The maximum atomic E-state index is 10.7. The molecular formula is C6H9NO6. The first-order valence-corrected chi connectivity index (χ1v) is 3.37. The van der Waals surface area contributed by atoms with Gasteiger partial charge in [0.2, 0.25) is 11.5 Å².